The average Bonchev–Trinajstić information content (AvgIpc) is 2.41. The fraction of sp³-hybridized carbons (Fsp3) is 0.500. The number of rotatable bonds is 3. The van der Waals surface area contributed by atoms with Crippen molar-refractivity contribution in [1.82, 2.24) is 4.90 Å². The van der Waals surface area contributed by atoms with Gasteiger partial charge in [0.2, 0.25) is 5.91 Å². The molecule has 0 bridgehead atoms. The lowest BCUT2D eigenvalue weighted by molar-refractivity contribution is -0.148. The number of fused-ring (bicyclic) bond motifs is 1. The molecule has 2 atom stereocenters. The number of carbonyl (C=O) groups excluding carboxylic acids is 2. The molecule has 2 aliphatic heterocycles. The molecule has 7 nitrogen and oxygen atoms in total. The largest absolute Gasteiger partial charge is 0.477 e. The van der Waals surface area contributed by atoms with Gasteiger partial charge in [-0.3, -0.25) is 9.69 Å². The zero-order valence-corrected chi connectivity index (χ0v) is 13.3. The quantitative estimate of drug-likeness (QED) is 0.440. The Hall–Kier alpha value is -1.80. The standard InChI is InChI=1S/C14H18N2O5S/c1-14(2,3)21-8(17)5-4-7-6-22-12-9(15)11(18)16(12)10(7)13(19)20/h4-5,9,12H,6,15H2,1-3H3,(H,19,20)/t9?,12-/m1/s1. The summed E-state index contributed by atoms with van der Waals surface area (Å²) in [7, 11) is 0. The van der Waals surface area contributed by atoms with E-state index in [2.05, 4.69) is 0 Å². The number of thioether (sulfide) groups is 1. The van der Waals surface area contributed by atoms with Gasteiger partial charge in [0.25, 0.3) is 0 Å². The van der Waals surface area contributed by atoms with E-state index in [1.54, 1.807) is 20.8 Å². The summed E-state index contributed by atoms with van der Waals surface area (Å²) in [5.41, 5.74) is 5.30. The molecule has 2 rings (SSSR count). The topological polar surface area (TPSA) is 110 Å². The zero-order valence-electron chi connectivity index (χ0n) is 12.5. The van der Waals surface area contributed by atoms with Crippen molar-refractivity contribution < 1.29 is 24.2 Å². The van der Waals surface area contributed by atoms with E-state index in [-0.39, 0.29) is 11.1 Å². The maximum atomic E-state index is 11.8. The first-order valence-electron chi connectivity index (χ1n) is 6.69. The van der Waals surface area contributed by atoms with Crippen molar-refractivity contribution in [3.8, 4) is 0 Å². The number of ether oxygens (including phenoxy) is 1. The summed E-state index contributed by atoms with van der Waals surface area (Å²) >= 11 is 1.37. The predicted molar refractivity (Wildman–Crippen MR) is 80.7 cm³/mol. The number of hydrogen-bond donors (Lipinski definition) is 2. The van der Waals surface area contributed by atoms with E-state index in [1.807, 2.05) is 0 Å². The second kappa shape index (κ2) is 5.77. The Morgan fingerprint density at radius 1 is 1.45 bits per heavy atom. The van der Waals surface area contributed by atoms with Gasteiger partial charge in [-0.1, -0.05) is 0 Å². The maximum absolute atomic E-state index is 11.8. The van der Waals surface area contributed by atoms with Crippen molar-refractivity contribution in [2.75, 3.05) is 5.75 Å². The molecule has 1 amide bonds. The summed E-state index contributed by atoms with van der Waals surface area (Å²) in [6, 6.07) is -0.671. The molecule has 22 heavy (non-hydrogen) atoms. The number of amides is 1. The van der Waals surface area contributed by atoms with Gasteiger partial charge in [-0.05, 0) is 32.4 Å². The molecule has 1 unspecified atom stereocenters. The SMILES string of the molecule is CC(C)(C)OC(=O)C=CC1=C(C(=O)O)N2C(=O)C(N)[C@H]2SC1. The number of allylic oxidation sites excluding steroid dienone is 1. The lowest BCUT2D eigenvalue weighted by Crippen LogP contribution is -2.68. The highest BCUT2D eigenvalue weighted by Gasteiger charge is 2.51. The van der Waals surface area contributed by atoms with Crippen LogP contribution in [0.25, 0.3) is 0 Å². The second-order valence-corrected chi connectivity index (χ2v) is 7.09. The predicted octanol–water partition coefficient (Wildman–Crippen LogP) is 0.465. The van der Waals surface area contributed by atoms with Gasteiger partial charge in [0.1, 0.15) is 22.7 Å². The van der Waals surface area contributed by atoms with Crippen LogP contribution in [0.15, 0.2) is 23.4 Å². The normalized spacial score (nSPS) is 25.1. The third kappa shape index (κ3) is 3.17. The molecule has 0 aromatic heterocycles. The van der Waals surface area contributed by atoms with E-state index in [0.29, 0.717) is 11.3 Å². The molecule has 1 fully saturated rings. The number of carbonyl (C=O) groups is 3. The lowest BCUT2D eigenvalue weighted by Gasteiger charge is -2.47. The molecule has 120 valence electrons. The molecule has 0 spiro atoms. The van der Waals surface area contributed by atoms with Crippen molar-refractivity contribution in [2.45, 2.75) is 37.8 Å². The molecule has 0 aliphatic carbocycles. The second-order valence-electron chi connectivity index (χ2n) is 5.98. The van der Waals surface area contributed by atoms with E-state index in [1.165, 1.54) is 28.8 Å². The van der Waals surface area contributed by atoms with Crippen LogP contribution in [0.5, 0.6) is 0 Å². The highest BCUT2D eigenvalue weighted by molar-refractivity contribution is 8.00. The summed E-state index contributed by atoms with van der Waals surface area (Å²) in [4.78, 5) is 36.0. The summed E-state index contributed by atoms with van der Waals surface area (Å²) in [5.74, 6) is -1.83. The number of β-lactam (4-membered cyclic amide) rings is 1. The smallest absolute Gasteiger partial charge is 0.352 e. The van der Waals surface area contributed by atoms with Gasteiger partial charge in [0.05, 0.1) is 0 Å². The van der Waals surface area contributed by atoms with Gasteiger partial charge in [-0.15, -0.1) is 11.8 Å². The Morgan fingerprint density at radius 3 is 2.64 bits per heavy atom. The van der Waals surface area contributed by atoms with Crippen molar-refractivity contribution >= 4 is 29.6 Å². The van der Waals surface area contributed by atoms with Crippen LogP contribution in [0.2, 0.25) is 0 Å². The van der Waals surface area contributed by atoms with Gasteiger partial charge >= 0.3 is 11.9 Å². The number of carboxylic acids is 1. The van der Waals surface area contributed by atoms with Gasteiger partial charge in [-0.25, -0.2) is 9.59 Å². The third-order valence-electron chi connectivity index (χ3n) is 3.07. The minimum Gasteiger partial charge on any atom is -0.477 e. The van der Waals surface area contributed by atoms with Gasteiger partial charge in [0.15, 0.2) is 0 Å². The molecule has 2 heterocycles. The van der Waals surface area contributed by atoms with Gasteiger partial charge < -0.3 is 15.6 Å². The summed E-state index contributed by atoms with van der Waals surface area (Å²) in [6.45, 7) is 5.21. The van der Waals surface area contributed by atoms with Crippen molar-refractivity contribution in [1.29, 1.82) is 0 Å². The van der Waals surface area contributed by atoms with E-state index < -0.39 is 29.5 Å². The van der Waals surface area contributed by atoms with Crippen LogP contribution < -0.4 is 5.73 Å². The minimum atomic E-state index is -1.21. The lowest BCUT2D eigenvalue weighted by atomic mass is 10.0. The Labute approximate surface area is 132 Å². The van der Waals surface area contributed by atoms with Crippen molar-refractivity contribution in [2.24, 2.45) is 5.73 Å². The number of aliphatic carboxylic acids is 1. The molecular formula is C14H18N2O5S. The van der Waals surface area contributed by atoms with Gasteiger partial charge in [0, 0.05) is 11.8 Å². The highest BCUT2D eigenvalue weighted by Crippen LogP contribution is 2.39. The molecule has 0 aromatic carbocycles. The first-order valence-corrected chi connectivity index (χ1v) is 7.74. The number of nitrogens with two attached hydrogens (primary N) is 1. The first kappa shape index (κ1) is 16.6. The molecule has 0 aromatic rings. The van der Waals surface area contributed by atoms with Crippen LogP contribution in [0.3, 0.4) is 0 Å². The van der Waals surface area contributed by atoms with Gasteiger partial charge in [-0.2, -0.15) is 0 Å². The summed E-state index contributed by atoms with van der Waals surface area (Å²) < 4.78 is 5.12. The number of hydrogen-bond acceptors (Lipinski definition) is 6. The molecule has 3 N–H and O–H groups in total. The molecule has 8 heteroatoms. The third-order valence-corrected chi connectivity index (χ3v) is 4.39. The van der Waals surface area contributed by atoms with Crippen LogP contribution in [-0.4, -0.2) is 50.6 Å². The summed E-state index contributed by atoms with van der Waals surface area (Å²) in [6.07, 6.45) is 2.56. The van der Waals surface area contributed by atoms with E-state index in [4.69, 9.17) is 10.5 Å². The van der Waals surface area contributed by atoms with Crippen LogP contribution >= 0.6 is 11.8 Å². The van der Waals surface area contributed by atoms with Crippen LogP contribution in [-0.2, 0) is 19.1 Å². The number of carboxylic acid groups (broad SMARTS) is 1. The number of nitrogens with zero attached hydrogens (tertiary/aromatic N) is 1. The van der Waals surface area contributed by atoms with Crippen molar-refractivity contribution in [3.05, 3.63) is 23.4 Å². The summed E-state index contributed by atoms with van der Waals surface area (Å²) in [5, 5.41) is 8.98. The fourth-order valence-electron chi connectivity index (χ4n) is 2.17. The highest BCUT2D eigenvalue weighted by atomic mass is 32.2. The molecule has 1 saturated heterocycles. The fourth-order valence-corrected chi connectivity index (χ4v) is 3.44. The Kier molecular flexibility index (Phi) is 4.35. The molecule has 0 saturated carbocycles. The van der Waals surface area contributed by atoms with E-state index >= 15 is 0 Å². The van der Waals surface area contributed by atoms with Crippen molar-refractivity contribution in [3.63, 3.8) is 0 Å². The number of esters is 1. The first-order chi connectivity index (χ1) is 10.1. The van der Waals surface area contributed by atoms with E-state index in [0.717, 1.165) is 0 Å². The zero-order chi connectivity index (χ0) is 16.7. The molecular weight excluding hydrogens is 308 g/mol. The molecule has 0 radical (unpaired) electrons. The average molecular weight is 326 g/mol. The Balaban J connectivity index is 2.22. The van der Waals surface area contributed by atoms with Crippen LogP contribution in [0.4, 0.5) is 0 Å². The Morgan fingerprint density at radius 2 is 2.09 bits per heavy atom. The molecule has 2 aliphatic rings. The Bertz CT molecular complexity index is 591. The minimum absolute atomic E-state index is 0.116. The maximum Gasteiger partial charge on any atom is 0.352 e. The van der Waals surface area contributed by atoms with E-state index in [9.17, 15) is 19.5 Å². The van der Waals surface area contributed by atoms with Crippen LogP contribution in [0, 0.1) is 0 Å². The monoisotopic (exact) mass is 326 g/mol. The van der Waals surface area contributed by atoms with Crippen LogP contribution in [0.1, 0.15) is 20.8 Å².